The predicted molar refractivity (Wildman–Crippen MR) is 183 cm³/mol. The molecule has 10 nitrogen and oxygen atoms in total. The monoisotopic (exact) mass is 661 g/mol. The van der Waals surface area contributed by atoms with Crippen molar-refractivity contribution < 1.29 is 33.3 Å². The maximum Gasteiger partial charge on any atom is 0.407 e. The van der Waals surface area contributed by atoms with Gasteiger partial charge in [0, 0.05) is 23.7 Å². The van der Waals surface area contributed by atoms with Crippen LogP contribution in [0.2, 0.25) is 0 Å². The van der Waals surface area contributed by atoms with E-state index >= 15 is 0 Å². The summed E-state index contributed by atoms with van der Waals surface area (Å²) >= 11 is 0. The number of esters is 1. The highest BCUT2D eigenvalue weighted by molar-refractivity contribution is 5.95. The Morgan fingerprint density at radius 1 is 0.714 bits per heavy atom. The molecule has 4 aromatic rings. The number of carbonyl (C=O) groups is 3. The Hall–Kier alpha value is -5.82. The van der Waals surface area contributed by atoms with Crippen LogP contribution >= 0.6 is 0 Å². The SMILES string of the molecule is CC(C)(C)OC(=O)NC1CCC(NC(=O)c2cc(Oc3ccc(C#N)cc3)cc(Oc3ccc(C(=O)OCc4ccccc4)cc3)c2)CC1. The zero-order chi connectivity index (χ0) is 34.8. The van der Waals surface area contributed by atoms with Gasteiger partial charge in [-0.1, -0.05) is 30.3 Å². The van der Waals surface area contributed by atoms with E-state index in [1.807, 2.05) is 51.1 Å². The number of amides is 2. The topological polar surface area (TPSA) is 136 Å². The minimum absolute atomic E-state index is 0.0238. The standard InChI is InChI=1S/C39H39N3O7/c1-39(2,3)49-38(45)42-31-15-13-30(14-16-31)41-36(43)29-21-34(47-32-17-9-26(24-40)10-18-32)23-35(22-29)48-33-19-11-28(12-20-33)37(44)46-25-27-7-5-4-6-8-27/h4-12,17-23,30-31H,13-16,25H2,1-3H3,(H,41,43)(H,42,45). The lowest BCUT2D eigenvalue weighted by molar-refractivity contribution is 0.0468. The molecule has 0 atom stereocenters. The highest BCUT2D eigenvalue weighted by Crippen LogP contribution is 2.31. The van der Waals surface area contributed by atoms with Gasteiger partial charge < -0.3 is 29.6 Å². The van der Waals surface area contributed by atoms with Crippen LogP contribution in [0, 0.1) is 11.3 Å². The number of ether oxygens (including phenoxy) is 4. The van der Waals surface area contributed by atoms with Gasteiger partial charge in [-0.3, -0.25) is 4.79 Å². The largest absolute Gasteiger partial charge is 0.457 e. The van der Waals surface area contributed by atoms with Crippen LogP contribution in [0.15, 0.2) is 97.1 Å². The molecule has 1 aliphatic carbocycles. The maximum absolute atomic E-state index is 13.5. The fourth-order valence-electron chi connectivity index (χ4n) is 5.28. The molecule has 10 heteroatoms. The third kappa shape index (κ3) is 10.6. The molecule has 0 heterocycles. The Bertz CT molecular complexity index is 1790. The van der Waals surface area contributed by atoms with E-state index in [0.717, 1.165) is 5.56 Å². The molecule has 0 aromatic heterocycles. The molecule has 0 bridgehead atoms. The van der Waals surface area contributed by atoms with Crippen LogP contribution < -0.4 is 20.1 Å². The Balaban J connectivity index is 1.25. The number of nitriles is 1. The normalized spacial score (nSPS) is 15.6. The summed E-state index contributed by atoms with van der Waals surface area (Å²) in [6, 6.07) is 29.5. The van der Waals surface area contributed by atoms with Crippen molar-refractivity contribution in [2.45, 2.75) is 70.7 Å². The fourth-order valence-corrected chi connectivity index (χ4v) is 5.28. The number of nitrogens with one attached hydrogen (secondary N) is 2. The molecule has 0 radical (unpaired) electrons. The molecule has 4 aromatic carbocycles. The van der Waals surface area contributed by atoms with Crippen LogP contribution in [-0.4, -0.2) is 35.7 Å². The van der Waals surface area contributed by atoms with Gasteiger partial charge >= 0.3 is 12.1 Å². The first-order valence-corrected chi connectivity index (χ1v) is 16.2. The minimum Gasteiger partial charge on any atom is -0.457 e. The lowest BCUT2D eigenvalue weighted by atomic mass is 9.91. The minimum atomic E-state index is -0.573. The van der Waals surface area contributed by atoms with Gasteiger partial charge in [0.05, 0.1) is 17.2 Å². The highest BCUT2D eigenvalue weighted by Gasteiger charge is 2.26. The van der Waals surface area contributed by atoms with E-state index < -0.39 is 17.7 Å². The number of hydrogen-bond donors (Lipinski definition) is 2. The second kappa shape index (κ2) is 15.8. The van der Waals surface area contributed by atoms with Gasteiger partial charge in [0.2, 0.25) is 0 Å². The summed E-state index contributed by atoms with van der Waals surface area (Å²) in [5.74, 6) is 0.880. The summed E-state index contributed by atoms with van der Waals surface area (Å²) in [7, 11) is 0. The van der Waals surface area contributed by atoms with Crippen molar-refractivity contribution >= 4 is 18.0 Å². The first kappa shape index (κ1) is 34.5. The van der Waals surface area contributed by atoms with E-state index in [0.29, 0.717) is 65.4 Å². The molecule has 1 saturated carbocycles. The van der Waals surface area contributed by atoms with Gasteiger partial charge in [-0.25, -0.2) is 9.59 Å². The van der Waals surface area contributed by atoms with Crippen molar-refractivity contribution in [3.05, 3.63) is 119 Å². The van der Waals surface area contributed by atoms with Crippen LogP contribution in [0.5, 0.6) is 23.0 Å². The fraction of sp³-hybridized carbons (Fsp3) is 0.282. The molecule has 1 aliphatic rings. The highest BCUT2D eigenvalue weighted by atomic mass is 16.6. The molecule has 2 amide bonds. The lowest BCUT2D eigenvalue weighted by Crippen LogP contribution is -2.45. The van der Waals surface area contributed by atoms with Gasteiger partial charge in [0.15, 0.2) is 0 Å². The van der Waals surface area contributed by atoms with Gasteiger partial charge in [-0.2, -0.15) is 5.26 Å². The van der Waals surface area contributed by atoms with E-state index in [2.05, 4.69) is 16.7 Å². The average Bonchev–Trinajstić information content (AvgIpc) is 3.08. The smallest absolute Gasteiger partial charge is 0.407 e. The van der Waals surface area contributed by atoms with Crippen LogP contribution in [0.4, 0.5) is 4.79 Å². The van der Waals surface area contributed by atoms with Crippen molar-refractivity contribution in [2.24, 2.45) is 0 Å². The van der Waals surface area contributed by atoms with Gasteiger partial charge in [0.25, 0.3) is 5.91 Å². The Labute approximate surface area is 286 Å². The Morgan fingerprint density at radius 2 is 1.27 bits per heavy atom. The lowest BCUT2D eigenvalue weighted by Gasteiger charge is -2.30. The summed E-state index contributed by atoms with van der Waals surface area (Å²) < 4.78 is 23.0. The predicted octanol–water partition coefficient (Wildman–Crippen LogP) is 8.07. The summed E-state index contributed by atoms with van der Waals surface area (Å²) in [4.78, 5) is 38.3. The van der Waals surface area contributed by atoms with E-state index in [-0.39, 0.29) is 24.6 Å². The Morgan fingerprint density at radius 3 is 1.82 bits per heavy atom. The summed E-state index contributed by atoms with van der Waals surface area (Å²) in [6.45, 7) is 5.63. The maximum atomic E-state index is 13.5. The van der Waals surface area contributed by atoms with Crippen molar-refractivity contribution in [1.29, 1.82) is 5.26 Å². The number of rotatable bonds is 10. The number of alkyl carbamates (subject to hydrolysis) is 1. The molecule has 2 N–H and O–H groups in total. The number of benzene rings is 4. The number of nitrogens with zero attached hydrogens (tertiary/aromatic N) is 1. The third-order valence-electron chi connectivity index (χ3n) is 7.68. The first-order chi connectivity index (χ1) is 23.5. The van der Waals surface area contributed by atoms with Gasteiger partial charge in [-0.15, -0.1) is 0 Å². The molecule has 252 valence electrons. The summed E-state index contributed by atoms with van der Waals surface area (Å²) in [5.41, 5.74) is 1.51. The Kier molecular flexibility index (Phi) is 11.2. The molecule has 0 spiro atoms. The van der Waals surface area contributed by atoms with Crippen LogP contribution in [0.3, 0.4) is 0 Å². The van der Waals surface area contributed by atoms with Crippen molar-refractivity contribution in [1.82, 2.24) is 10.6 Å². The van der Waals surface area contributed by atoms with Crippen molar-refractivity contribution in [3.8, 4) is 29.1 Å². The van der Waals surface area contributed by atoms with Crippen LogP contribution in [0.1, 0.15) is 78.3 Å². The van der Waals surface area contributed by atoms with E-state index in [1.54, 1.807) is 66.7 Å². The second-order valence-corrected chi connectivity index (χ2v) is 12.8. The zero-order valence-electron chi connectivity index (χ0n) is 27.7. The second-order valence-electron chi connectivity index (χ2n) is 12.8. The van der Waals surface area contributed by atoms with Crippen molar-refractivity contribution in [2.75, 3.05) is 0 Å². The summed E-state index contributed by atoms with van der Waals surface area (Å²) in [5, 5.41) is 15.2. The van der Waals surface area contributed by atoms with Gasteiger partial charge in [-0.05, 0) is 113 Å². The molecule has 1 fully saturated rings. The molecule has 0 unspecified atom stereocenters. The molecular formula is C39H39N3O7. The summed E-state index contributed by atoms with van der Waals surface area (Å²) in [6.07, 6.45) is 2.35. The van der Waals surface area contributed by atoms with Crippen LogP contribution in [0.25, 0.3) is 0 Å². The number of hydrogen-bond acceptors (Lipinski definition) is 8. The first-order valence-electron chi connectivity index (χ1n) is 16.2. The molecular weight excluding hydrogens is 622 g/mol. The zero-order valence-corrected chi connectivity index (χ0v) is 27.7. The quantitative estimate of drug-likeness (QED) is 0.163. The van der Waals surface area contributed by atoms with E-state index in [1.165, 1.54) is 0 Å². The number of carbonyl (C=O) groups excluding carboxylic acids is 3. The van der Waals surface area contributed by atoms with E-state index in [4.69, 9.17) is 24.2 Å². The van der Waals surface area contributed by atoms with Gasteiger partial charge in [0.1, 0.15) is 35.2 Å². The van der Waals surface area contributed by atoms with Crippen molar-refractivity contribution in [3.63, 3.8) is 0 Å². The van der Waals surface area contributed by atoms with E-state index in [9.17, 15) is 14.4 Å². The molecule has 0 aliphatic heterocycles. The third-order valence-corrected chi connectivity index (χ3v) is 7.68. The molecule has 0 saturated heterocycles. The average molecular weight is 662 g/mol. The molecule has 49 heavy (non-hydrogen) atoms. The molecule has 5 rings (SSSR count). The van der Waals surface area contributed by atoms with Crippen LogP contribution in [-0.2, 0) is 16.1 Å².